The molecule has 0 saturated heterocycles. The van der Waals surface area contributed by atoms with Crippen LogP contribution in [0.3, 0.4) is 0 Å². The van der Waals surface area contributed by atoms with Gasteiger partial charge in [-0.05, 0) is 36.8 Å². The third-order valence-corrected chi connectivity index (χ3v) is 5.77. The molecule has 0 aliphatic carbocycles. The molecular formula is C19H17N5O2S2. The number of hydrogen-bond donors (Lipinski definition) is 1. The van der Waals surface area contributed by atoms with Gasteiger partial charge in [-0.2, -0.15) is 4.98 Å². The molecule has 4 aromatic rings. The van der Waals surface area contributed by atoms with Crippen molar-refractivity contribution in [1.82, 2.24) is 20.3 Å². The normalized spacial score (nSPS) is 10.8. The summed E-state index contributed by atoms with van der Waals surface area (Å²) in [5.41, 5.74) is 2.97. The van der Waals surface area contributed by atoms with Gasteiger partial charge in [0.1, 0.15) is 5.75 Å². The van der Waals surface area contributed by atoms with Crippen molar-refractivity contribution in [1.29, 1.82) is 0 Å². The number of ether oxygens (including phenoxy) is 1. The minimum absolute atomic E-state index is 0.507. The van der Waals surface area contributed by atoms with Gasteiger partial charge in [0.05, 0.1) is 18.4 Å². The topological polar surface area (TPSA) is 86.0 Å². The molecule has 2 aromatic carbocycles. The maximum absolute atomic E-state index is 5.36. The van der Waals surface area contributed by atoms with Gasteiger partial charge in [0.2, 0.25) is 16.8 Å². The zero-order valence-corrected chi connectivity index (χ0v) is 16.9. The molecule has 9 heteroatoms. The number of anilines is 2. The maximum Gasteiger partial charge on any atom is 0.237 e. The van der Waals surface area contributed by atoms with Crippen molar-refractivity contribution in [3.63, 3.8) is 0 Å². The quantitative estimate of drug-likeness (QED) is 0.428. The number of nitrogens with zero attached hydrogens (tertiary/aromatic N) is 4. The summed E-state index contributed by atoms with van der Waals surface area (Å²) in [6.45, 7) is 2.05. The van der Waals surface area contributed by atoms with Gasteiger partial charge in [-0.1, -0.05) is 52.5 Å². The fourth-order valence-corrected chi connectivity index (χ4v) is 4.15. The smallest absolute Gasteiger partial charge is 0.237 e. The molecule has 28 heavy (non-hydrogen) atoms. The fourth-order valence-electron chi connectivity index (χ4n) is 2.54. The number of rotatable bonds is 7. The Balaban J connectivity index is 1.39. The summed E-state index contributed by atoms with van der Waals surface area (Å²) >= 11 is 2.99. The largest absolute Gasteiger partial charge is 0.496 e. The summed E-state index contributed by atoms with van der Waals surface area (Å²) in [5, 5.41) is 16.4. The lowest BCUT2D eigenvalue weighted by Gasteiger charge is -2.02. The van der Waals surface area contributed by atoms with Gasteiger partial charge in [-0.25, -0.2) is 0 Å². The highest BCUT2D eigenvalue weighted by atomic mass is 32.2. The molecule has 0 bridgehead atoms. The highest BCUT2D eigenvalue weighted by Gasteiger charge is 2.14. The Morgan fingerprint density at radius 2 is 2.04 bits per heavy atom. The van der Waals surface area contributed by atoms with Crippen LogP contribution in [-0.2, 0) is 5.75 Å². The Kier molecular flexibility index (Phi) is 5.54. The van der Waals surface area contributed by atoms with Crippen LogP contribution in [0.25, 0.3) is 11.4 Å². The lowest BCUT2D eigenvalue weighted by Crippen LogP contribution is -1.89. The summed E-state index contributed by atoms with van der Waals surface area (Å²) in [5.74, 6) is 2.25. The fraction of sp³-hybridized carbons (Fsp3) is 0.158. The molecule has 0 spiro atoms. The molecule has 0 aliphatic heterocycles. The van der Waals surface area contributed by atoms with Crippen molar-refractivity contribution in [3.8, 4) is 17.1 Å². The summed E-state index contributed by atoms with van der Waals surface area (Å²) in [4.78, 5) is 4.45. The molecule has 2 aromatic heterocycles. The van der Waals surface area contributed by atoms with Crippen LogP contribution in [0.15, 0.2) is 57.4 Å². The molecular weight excluding hydrogens is 394 g/mol. The van der Waals surface area contributed by atoms with E-state index in [9.17, 15) is 0 Å². The summed E-state index contributed by atoms with van der Waals surface area (Å²) in [7, 11) is 1.62. The van der Waals surface area contributed by atoms with E-state index in [0.717, 1.165) is 20.7 Å². The Morgan fingerprint density at radius 3 is 2.89 bits per heavy atom. The lowest BCUT2D eigenvalue weighted by atomic mass is 10.2. The predicted octanol–water partition coefficient (Wildman–Crippen LogP) is 4.94. The van der Waals surface area contributed by atoms with E-state index >= 15 is 0 Å². The third-order valence-electron chi connectivity index (χ3n) is 3.81. The van der Waals surface area contributed by atoms with Crippen LogP contribution in [-0.4, -0.2) is 27.4 Å². The molecule has 142 valence electrons. The standard InChI is InChI=1S/C19H17N5O2S2/c1-12-6-5-7-13(10-12)20-18-22-23-19(28-18)27-11-16-21-17(24-26-16)14-8-3-4-9-15(14)25-2/h3-10H,11H2,1-2H3,(H,20,22). The van der Waals surface area contributed by atoms with E-state index in [4.69, 9.17) is 9.26 Å². The zero-order chi connectivity index (χ0) is 19.3. The summed E-state index contributed by atoms with van der Waals surface area (Å²) in [6.07, 6.45) is 0. The van der Waals surface area contributed by atoms with E-state index < -0.39 is 0 Å². The molecule has 4 rings (SSSR count). The van der Waals surface area contributed by atoms with Gasteiger partial charge in [0.15, 0.2) is 4.34 Å². The minimum atomic E-state index is 0.507. The van der Waals surface area contributed by atoms with Crippen molar-refractivity contribution in [3.05, 3.63) is 60.0 Å². The minimum Gasteiger partial charge on any atom is -0.496 e. The predicted molar refractivity (Wildman–Crippen MR) is 110 cm³/mol. The first-order chi connectivity index (χ1) is 13.7. The van der Waals surface area contributed by atoms with E-state index in [-0.39, 0.29) is 0 Å². The molecule has 0 atom stereocenters. The third kappa shape index (κ3) is 4.32. The van der Waals surface area contributed by atoms with Crippen LogP contribution in [0.2, 0.25) is 0 Å². The van der Waals surface area contributed by atoms with Crippen LogP contribution in [0.1, 0.15) is 11.5 Å². The zero-order valence-electron chi connectivity index (χ0n) is 15.2. The van der Waals surface area contributed by atoms with Gasteiger partial charge < -0.3 is 14.6 Å². The molecule has 1 N–H and O–H groups in total. The molecule has 0 unspecified atom stereocenters. The molecule has 0 amide bonds. The molecule has 0 radical (unpaired) electrons. The first-order valence-corrected chi connectivity index (χ1v) is 10.3. The highest BCUT2D eigenvalue weighted by molar-refractivity contribution is 8.00. The van der Waals surface area contributed by atoms with Crippen molar-refractivity contribution >= 4 is 33.9 Å². The average Bonchev–Trinajstić information content (AvgIpc) is 3.36. The number of aromatic nitrogens is 4. The average molecular weight is 412 g/mol. The monoisotopic (exact) mass is 411 g/mol. The van der Waals surface area contributed by atoms with E-state index in [1.807, 2.05) is 36.4 Å². The van der Waals surface area contributed by atoms with E-state index in [1.54, 1.807) is 7.11 Å². The second kappa shape index (κ2) is 8.41. The number of para-hydroxylation sites is 1. The first kappa shape index (κ1) is 18.5. The second-order valence-electron chi connectivity index (χ2n) is 5.87. The van der Waals surface area contributed by atoms with Crippen molar-refractivity contribution in [2.24, 2.45) is 0 Å². The Hall–Kier alpha value is -2.91. The van der Waals surface area contributed by atoms with E-state index in [2.05, 4.69) is 44.7 Å². The van der Waals surface area contributed by atoms with Gasteiger partial charge in [-0.15, -0.1) is 10.2 Å². The SMILES string of the molecule is COc1ccccc1-c1noc(CSc2nnc(Nc3cccc(C)c3)s2)n1. The van der Waals surface area contributed by atoms with Crippen LogP contribution in [0, 0.1) is 6.92 Å². The number of hydrogen-bond acceptors (Lipinski definition) is 9. The van der Waals surface area contributed by atoms with Crippen LogP contribution in [0.4, 0.5) is 10.8 Å². The number of thioether (sulfide) groups is 1. The second-order valence-corrected chi connectivity index (χ2v) is 8.07. The molecule has 0 saturated carbocycles. The van der Waals surface area contributed by atoms with Crippen LogP contribution < -0.4 is 10.1 Å². The molecule has 0 fully saturated rings. The van der Waals surface area contributed by atoms with Gasteiger partial charge >= 0.3 is 0 Å². The van der Waals surface area contributed by atoms with Gasteiger partial charge in [0, 0.05) is 5.69 Å². The van der Waals surface area contributed by atoms with Crippen molar-refractivity contribution < 1.29 is 9.26 Å². The van der Waals surface area contributed by atoms with Crippen LogP contribution >= 0.6 is 23.1 Å². The Bertz CT molecular complexity index is 1080. The molecule has 7 nitrogen and oxygen atoms in total. The number of nitrogens with one attached hydrogen (secondary N) is 1. The van der Waals surface area contributed by atoms with Crippen molar-refractivity contribution in [2.75, 3.05) is 12.4 Å². The number of benzene rings is 2. The van der Waals surface area contributed by atoms with E-state index in [0.29, 0.717) is 23.2 Å². The Labute approximate surface area is 170 Å². The lowest BCUT2D eigenvalue weighted by molar-refractivity contribution is 0.390. The summed E-state index contributed by atoms with van der Waals surface area (Å²) in [6, 6.07) is 15.7. The summed E-state index contributed by atoms with van der Waals surface area (Å²) < 4.78 is 11.5. The Morgan fingerprint density at radius 1 is 1.14 bits per heavy atom. The van der Waals surface area contributed by atoms with Gasteiger partial charge in [-0.3, -0.25) is 0 Å². The molecule has 0 aliphatic rings. The van der Waals surface area contributed by atoms with E-state index in [1.165, 1.54) is 28.7 Å². The number of aryl methyl sites for hydroxylation is 1. The first-order valence-electron chi connectivity index (χ1n) is 8.47. The van der Waals surface area contributed by atoms with Crippen molar-refractivity contribution in [2.45, 2.75) is 17.0 Å². The van der Waals surface area contributed by atoms with Crippen LogP contribution in [0.5, 0.6) is 5.75 Å². The highest BCUT2D eigenvalue weighted by Crippen LogP contribution is 2.31. The van der Waals surface area contributed by atoms with Gasteiger partial charge in [0.25, 0.3) is 0 Å². The molecule has 2 heterocycles. The maximum atomic E-state index is 5.36. The number of methoxy groups -OCH3 is 1.